The highest BCUT2D eigenvalue weighted by molar-refractivity contribution is 6.30. The molecule has 5 nitrogen and oxygen atoms in total. The fourth-order valence-corrected chi connectivity index (χ4v) is 2.28. The molecule has 6 heteroatoms. The second-order valence-electron chi connectivity index (χ2n) is 4.70. The van der Waals surface area contributed by atoms with Gasteiger partial charge in [-0.25, -0.2) is 9.48 Å². The topological polar surface area (TPSA) is 68.0 Å². The Morgan fingerprint density at radius 1 is 1.19 bits per heavy atom. The molecule has 3 aromatic rings. The van der Waals surface area contributed by atoms with Crippen molar-refractivity contribution in [3.05, 3.63) is 58.6 Å². The highest BCUT2D eigenvalue weighted by atomic mass is 35.5. The number of nitrogens with zero attached hydrogens (tertiary/aromatic N) is 3. The van der Waals surface area contributed by atoms with Crippen molar-refractivity contribution in [3.8, 4) is 0 Å². The van der Waals surface area contributed by atoms with E-state index >= 15 is 0 Å². The van der Waals surface area contributed by atoms with E-state index in [9.17, 15) is 4.79 Å². The van der Waals surface area contributed by atoms with Gasteiger partial charge in [-0.3, -0.25) is 0 Å². The van der Waals surface area contributed by atoms with E-state index in [1.165, 1.54) is 6.07 Å². The van der Waals surface area contributed by atoms with E-state index in [4.69, 9.17) is 16.7 Å². The number of aryl methyl sites for hydroxylation is 2. The fourth-order valence-electron chi connectivity index (χ4n) is 2.16. The largest absolute Gasteiger partial charge is 0.478 e. The van der Waals surface area contributed by atoms with Gasteiger partial charge in [0.25, 0.3) is 0 Å². The van der Waals surface area contributed by atoms with Gasteiger partial charge in [0.2, 0.25) is 0 Å². The summed E-state index contributed by atoms with van der Waals surface area (Å²) in [5.74, 6) is -0.965. The molecule has 106 valence electrons. The molecule has 0 bridgehead atoms. The minimum atomic E-state index is -0.965. The number of fused-ring (bicyclic) bond motifs is 1. The Balaban J connectivity index is 1.81. The van der Waals surface area contributed by atoms with Crippen molar-refractivity contribution in [3.63, 3.8) is 0 Å². The van der Waals surface area contributed by atoms with Crippen molar-refractivity contribution >= 4 is 28.6 Å². The predicted molar refractivity (Wildman–Crippen MR) is 79.6 cm³/mol. The molecular weight excluding hydrogens is 290 g/mol. The summed E-state index contributed by atoms with van der Waals surface area (Å²) in [6.45, 7) is 0.671. The van der Waals surface area contributed by atoms with Crippen LogP contribution in [-0.4, -0.2) is 26.1 Å². The van der Waals surface area contributed by atoms with Gasteiger partial charge in [0.1, 0.15) is 5.52 Å². The van der Waals surface area contributed by atoms with Gasteiger partial charge in [-0.15, -0.1) is 5.10 Å². The molecule has 0 radical (unpaired) electrons. The lowest BCUT2D eigenvalue weighted by molar-refractivity contribution is 0.0697. The van der Waals surface area contributed by atoms with Crippen molar-refractivity contribution in [1.82, 2.24) is 15.0 Å². The number of aromatic carboxylic acids is 1. The first-order valence-corrected chi connectivity index (χ1v) is 6.82. The van der Waals surface area contributed by atoms with Crippen LogP contribution in [0.15, 0.2) is 42.5 Å². The van der Waals surface area contributed by atoms with Crippen LogP contribution in [0, 0.1) is 0 Å². The summed E-state index contributed by atoms with van der Waals surface area (Å²) in [6.07, 6.45) is 0.802. The summed E-state index contributed by atoms with van der Waals surface area (Å²) < 4.78 is 1.77. The third kappa shape index (κ3) is 2.87. The number of hydrogen-bond donors (Lipinski definition) is 1. The lowest BCUT2D eigenvalue weighted by Gasteiger charge is -2.03. The maximum Gasteiger partial charge on any atom is 0.335 e. The molecule has 0 aliphatic carbocycles. The molecule has 0 atom stereocenters. The zero-order valence-electron chi connectivity index (χ0n) is 11.0. The first-order valence-electron chi connectivity index (χ1n) is 6.44. The van der Waals surface area contributed by atoms with Crippen LogP contribution in [0.1, 0.15) is 15.9 Å². The van der Waals surface area contributed by atoms with Crippen molar-refractivity contribution in [2.45, 2.75) is 13.0 Å². The number of halogens is 1. The molecule has 0 saturated heterocycles. The number of rotatable bonds is 4. The summed E-state index contributed by atoms with van der Waals surface area (Å²) >= 11 is 5.85. The van der Waals surface area contributed by atoms with Crippen molar-refractivity contribution in [2.75, 3.05) is 0 Å². The molecule has 1 heterocycles. The molecule has 0 aliphatic rings. The zero-order chi connectivity index (χ0) is 14.8. The Hall–Kier alpha value is -2.40. The molecule has 0 fully saturated rings. The van der Waals surface area contributed by atoms with Crippen LogP contribution in [0.2, 0.25) is 5.02 Å². The Morgan fingerprint density at radius 2 is 1.95 bits per heavy atom. The second-order valence-corrected chi connectivity index (χ2v) is 5.13. The highest BCUT2D eigenvalue weighted by Crippen LogP contribution is 2.15. The first-order chi connectivity index (χ1) is 10.1. The molecular formula is C15H12ClN3O2. The van der Waals surface area contributed by atoms with Crippen LogP contribution < -0.4 is 0 Å². The second kappa shape index (κ2) is 5.54. The van der Waals surface area contributed by atoms with E-state index < -0.39 is 5.97 Å². The van der Waals surface area contributed by atoms with Gasteiger partial charge in [-0.05, 0) is 42.3 Å². The summed E-state index contributed by atoms with van der Waals surface area (Å²) in [4.78, 5) is 10.9. The van der Waals surface area contributed by atoms with Crippen molar-refractivity contribution in [1.29, 1.82) is 0 Å². The molecule has 1 N–H and O–H groups in total. The van der Waals surface area contributed by atoms with Gasteiger partial charge in [-0.1, -0.05) is 28.9 Å². The summed E-state index contributed by atoms with van der Waals surface area (Å²) in [7, 11) is 0. The molecule has 0 amide bonds. The van der Waals surface area contributed by atoms with Crippen molar-refractivity contribution in [2.24, 2.45) is 0 Å². The van der Waals surface area contributed by atoms with E-state index in [2.05, 4.69) is 10.3 Å². The Kier molecular flexibility index (Phi) is 3.58. The number of carboxylic acids is 1. The van der Waals surface area contributed by atoms with Crippen LogP contribution in [0.4, 0.5) is 0 Å². The molecule has 1 aromatic heterocycles. The number of hydrogen-bond acceptors (Lipinski definition) is 3. The van der Waals surface area contributed by atoms with Crippen LogP contribution in [0.3, 0.4) is 0 Å². The van der Waals surface area contributed by atoms with Gasteiger partial charge in [-0.2, -0.15) is 0 Å². The molecule has 0 aliphatic heterocycles. The Labute approximate surface area is 125 Å². The summed E-state index contributed by atoms with van der Waals surface area (Å²) in [5.41, 5.74) is 2.79. The Bertz CT molecular complexity index is 796. The third-order valence-electron chi connectivity index (χ3n) is 3.29. The lowest BCUT2D eigenvalue weighted by Crippen LogP contribution is -2.03. The Morgan fingerprint density at radius 3 is 2.67 bits per heavy atom. The molecule has 0 unspecified atom stereocenters. The molecule has 21 heavy (non-hydrogen) atoms. The summed E-state index contributed by atoms with van der Waals surface area (Å²) in [5, 5.41) is 17.8. The zero-order valence-corrected chi connectivity index (χ0v) is 11.8. The van der Waals surface area contributed by atoms with Gasteiger partial charge >= 0.3 is 5.97 Å². The summed E-state index contributed by atoms with van der Waals surface area (Å²) in [6, 6.07) is 12.5. The molecule has 0 saturated carbocycles. The van der Waals surface area contributed by atoms with Crippen LogP contribution in [0.25, 0.3) is 11.0 Å². The van der Waals surface area contributed by atoms with Crippen LogP contribution in [-0.2, 0) is 13.0 Å². The minimum Gasteiger partial charge on any atom is -0.478 e. The van der Waals surface area contributed by atoms with Crippen LogP contribution in [0.5, 0.6) is 0 Å². The highest BCUT2D eigenvalue weighted by Gasteiger charge is 2.09. The third-order valence-corrected chi connectivity index (χ3v) is 3.54. The first kappa shape index (κ1) is 13.6. The molecule has 0 spiro atoms. The maximum atomic E-state index is 10.9. The normalized spacial score (nSPS) is 10.9. The minimum absolute atomic E-state index is 0.215. The van der Waals surface area contributed by atoms with Crippen LogP contribution >= 0.6 is 11.6 Å². The van der Waals surface area contributed by atoms with Gasteiger partial charge < -0.3 is 5.11 Å². The lowest BCUT2D eigenvalue weighted by atomic mass is 10.1. The fraction of sp³-hybridized carbons (Fsp3) is 0.133. The van der Waals surface area contributed by atoms with E-state index in [1.807, 2.05) is 24.3 Å². The molecule has 2 aromatic carbocycles. The monoisotopic (exact) mass is 301 g/mol. The predicted octanol–water partition coefficient (Wildman–Crippen LogP) is 3.03. The average Bonchev–Trinajstić information content (AvgIpc) is 2.89. The van der Waals surface area contributed by atoms with Gasteiger partial charge in [0.05, 0.1) is 11.1 Å². The number of aromatic nitrogens is 3. The maximum absolute atomic E-state index is 10.9. The van der Waals surface area contributed by atoms with Gasteiger partial charge in [0, 0.05) is 11.6 Å². The number of benzene rings is 2. The number of carboxylic acid groups (broad SMARTS) is 1. The van der Waals surface area contributed by atoms with E-state index in [0.717, 1.165) is 17.5 Å². The average molecular weight is 302 g/mol. The number of carbonyl (C=O) groups is 1. The smallest absolute Gasteiger partial charge is 0.335 e. The molecule has 3 rings (SSSR count). The SMILES string of the molecule is O=C(O)c1ccc2c(c1)nnn2CCc1ccc(Cl)cc1. The van der Waals surface area contributed by atoms with Crippen molar-refractivity contribution < 1.29 is 9.90 Å². The van der Waals surface area contributed by atoms with E-state index in [-0.39, 0.29) is 5.56 Å². The van der Waals surface area contributed by atoms with E-state index in [0.29, 0.717) is 17.1 Å². The van der Waals surface area contributed by atoms with Gasteiger partial charge in [0.15, 0.2) is 0 Å². The standard InChI is InChI=1S/C15H12ClN3O2/c16-12-4-1-10(2-5-12)7-8-19-14-6-3-11(15(20)21)9-13(14)17-18-19/h1-6,9H,7-8H2,(H,20,21). The van der Waals surface area contributed by atoms with E-state index in [1.54, 1.807) is 16.8 Å². The quantitative estimate of drug-likeness (QED) is 0.804.